The lowest BCUT2D eigenvalue weighted by molar-refractivity contribution is -0.111. The number of amides is 2. The van der Waals surface area contributed by atoms with E-state index in [1.54, 1.807) is 9.80 Å². The highest BCUT2D eigenvalue weighted by Crippen LogP contribution is 2.50. The summed E-state index contributed by atoms with van der Waals surface area (Å²) in [7, 11) is 0. The van der Waals surface area contributed by atoms with Gasteiger partial charge in [0, 0.05) is 37.0 Å². The van der Waals surface area contributed by atoms with Gasteiger partial charge < -0.3 is 24.0 Å². The Morgan fingerprint density at radius 1 is 1.11 bits per heavy atom. The van der Waals surface area contributed by atoms with Gasteiger partial charge in [-0.2, -0.15) is 0 Å². The molecule has 192 valence electrons. The summed E-state index contributed by atoms with van der Waals surface area (Å²) in [6.07, 6.45) is 2.29. The molecule has 1 aliphatic carbocycles. The molecule has 2 amide bonds. The zero-order chi connectivity index (χ0) is 25.5. The molecule has 9 heteroatoms. The standard InChI is InChI=1S/C27H32FN3O5/c1-26(2,3)36-25(33)30-10-9-22-20(14-30)23(21(28)13-29-22)35-19-11-27(12-19)16-31(17-27)24(32)34-15-18-7-5-4-6-8-18/h4-8,13,19H,9-12,14-17H2,1-3H3. The predicted molar refractivity (Wildman–Crippen MR) is 129 cm³/mol. The largest absolute Gasteiger partial charge is 0.487 e. The second-order valence-electron chi connectivity index (χ2n) is 11.1. The fraction of sp³-hybridized carbons (Fsp3) is 0.519. The van der Waals surface area contributed by atoms with E-state index in [-0.39, 0.29) is 36.5 Å². The van der Waals surface area contributed by atoms with Crippen molar-refractivity contribution in [2.24, 2.45) is 5.41 Å². The van der Waals surface area contributed by atoms with Crippen LogP contribution < -0.4 is 4.74 Å². The maximum absolute atomic E-state index is 14.8. The van der Waals surface area contributed by atoms with E-state index in [1.807, 2.05) is 51.1 Å². The summed E-state index contributed by atoms with van der Waals surface area (Å²) in [5.74, 6) is -0.355. The van der Waals surface area contributed by atoms with Crippen LogP contribution >= 0.6 is 0 Å². The van der Waals surface area contributed by atoms with Crippen molar-refractivity contribution < 1.29 is 28.2 Å². The van der Waals surface area contributed by atoms with Crippen LogP contribution in [0, 0.1) is 11.2 Å². The van der Waals surface area contributed by atoms with Crippen molar-refractivity contribution >= 4 is 12.2 Å². The third-order valence-corrected chi connectivity index (χ3v) is 6.91. The molecule has 8 nitrogen and oxygen atoms in total. The van der Waals surface area contributed by atoms with Gasteiger partial charge in [0.05, 0.1) is 18.4 Å². The first-order chi connectivity index (χ1) is 17.1. The maximum Gasteiger partial charge on any atom is 0.410 e. The van der Waals surface area contributed by atoms with Gasteiger partial charge in [-0.1, -0.05) is 30.3 Å². The number of rotatable bonds is 4. The summed E-state index contributed by atoms with van der Waals surface area (Å²) >= 11 is 0. The zero-order valence-corrected chi connectivity index (χ0v) is 21.0. The molecule has 36 heavy (non-hydrogen) atoms. The Bertz CT molecular complexity index is 1140. The van der Waals surface area contributed by atoms with Gasteiger partial charge in [0.25, 0.3) is 0 Å². The van der Waals surface area contributed by atoms with E-state index in [1.165, 1.54) is 6.20 Å². The minimum absolute atomic E-state index is 0.00253. The minimum atomic E-state index is -0.609. The summed E-state index contributed by atoms with van der Waals surface area (Å²) in [4.78, 5) is 32.4. The van der Waals surface area contributed by atoms with Crippen molar-refractivity contribution in [2.45, 2.75) is 64.9 Å². The van der Waals surface area contributed by atoms with Crippen LogP contribution in [0.1, 0.15) is 50.4 Å². The summed E-state index contributed by atoms with van der Waals surface area (Å²) in [6.45, 7) is 7.59. The van der Waals surface area contributed by atoms with Crippen molar-refractivity contribution in [3.05, 3.63) is 59.2 Å². The van der Waals surface area contributed by atoms with Gasteiger partial charge in [0.2, 0.25) is 0 Å². The second kappa shape index (κ2) is 9.26. The highest BCUT2D eigenvalue weighted by molar-refractivity contribution is 5.69. The number of hydrogen-bond donors (Lipinski definition) is 0. The molecule has 0 bridgehead atoms. The molecule has 0 unspecified atom stereocenters. The van der Waals surface area contributed by atoms with Gasteiger partial charge in [-0.3, -0.25) is 4.98 Å². The van der Waals surface area contributed by atoms with Gasteiger partial charge in [-0.05, 0) is 39.2 Å². The Morgan fingerprint density at radius 2 is 1.83 bits per heavy atom. The van der Waals surface area contributed by atoms with Gasteiger partial charge in [-0.25, -0.2) is 14.0 Å². The van der Waals surface area contributed by atoms with Crippen LogP contribution in [-0.2, 0) is 29.0 Å². The molecule has 0 N–H and O–H groups in total. The first-order valence-electron chi connectivity index (χ1n) is 12.4. The second-order valence-corrected chi connectivity index (χ2v) is 11.1. The Kier molecular flexibility index (Phi) is 6.26. The molecule has 0 radical (unpaired) electrons. The number of pyridine rings is 1. The molecule has 3 heterocycles. The first kappa shape index (κ1) is 24.3. The van der Waals surface area contributed by atoms with Crippen molar-refractivity contribution in [1.29, 1.82) is 0 Å². The third-order valence-electron chi connectivity index (χ3n) is 6.91. The highest BCUT2D eigenvalue weighted by Gasteiger charge is 2.55. The van der Waals surface area contributed by atoms with E-state index in [2.05, 4.69) is 4.98 Å². The number of fused-ring (bicyclic) bond motifs is 1. The van der Waals surface area contributed by atoms with Crippen LogP contribution in [0.25, 0.3) is 0 Å². The summed E-state index contributed by atoms with van der Waals surface area (Å²) in [6, 6.07) is 9.58. The van der Waals surface area contributed by atoms with E-state index >= 15 is 0 Å². The molecule has 1 aromatic heterocycles. The number of carbonyl (C=O) groups excluding carboxylic acids is 2. The quantitative estimate of drug-likeness (QED) is 0.610. The molecular formula is C27H32FN3O5. The van der Waals surface area contributed by atoms with Gasteiger partial charge in [0.15, 0.2) is 11.6 Å². The fourth-order valence-corrected chi connectivity index (χ4v) is 5.16. The third kappa shape index (κ3) is 5.10. The Balaban J connectivity index is 1.15. The SMILES string of the molecule is CC(C)(C)OC(=O)N1CCc2ncc(F)c(OC3CC4(C3)CN(C(=O)OCc3ccccc3)C4)c2C1. The lowest BCUT2D eigenvalue weighted by Crippen LogP contribution is -2.65. The highest BCUT2D eigenvalue weighted by atomic mass is 19.1. The fourth-order valence-electron chi connectivity index (χ4n) is 5.16. The molecule has 0 atom stereocenters. The Morgan fingerprint density at radius 3 is 2.53 bits per heavy atom. The molecular weight excluding hydrogens is 465 g/mol. The monoisotopic (exact) mass is 497 g/mol. The molecule has 2 fully saturated rings. The van der Waals surface area contributed by atoms with Crippen molar-refractivity contribution in [2.75, 3.05) is 19.6 Å². The van der Waals surface area contributed by atoms with E-state index < -0.39 is 17.5 Å². The minimum Gasteiger partial charge on any atom is -0.487 e. The number of nitrogens with zero attached hydrogens (tertiary/aromatic N) is 3. The van der Waals surface area contributed by atoms with E-state index in [4.69, 9.17) is 14.2 Å². The lowest BCUT2D eigenvalue weighted by atomic mass is 9.62. The van der Waals surface area contributed by atoms with Gasteiger partial charge in [-0.15, -0.1) is 0 Å². The smallest absolute Gasteiger partial charge is 0.410 e. The number of aromatic nitrogens is 1. The number of likely N-dealkylation sites (tertiary alicyclic amines) is 1. The lowest BCUT2D eigenvalue weighted by Gasteiger charge is -2.57. The molecule has 5 rings (SSSR count). The number of ether oxygens (including phenoxy) is 3. The summed E-state index contributed by atoms with van der Waals surface area (Å²) < 4.78 is 31.8. The molecule has 1 aromatic carbocycles. The van der Waals surface area contributed by atoms with Crippen molar-refractivity contribution in [3.8, 4) is 5.75 Å². The van der Waals surface area contributed by atoms with E-state index in [9.17, 15) is 14.0 Å². The van der Waals surface area contributed by atoms with Crippen LogP contribution in [0.15, 0.2) is 36.5 Å². The molecule has 1 spiro atoms. The first-order valence-corrected chi connectivity index (χ1v) is 12.4. The molecule has 2 aromatic rings. The maximum atomic E-state index is 14.8. The van der Waals surface area contributed by atoms with Crippen molar-refractivity contribution in [3.63, 3.8) is 0 Å². The van der Waals surface area contributed by atoms with E-state index in [0.29, 0.717) is 31.6 Å². The average molecular weight is 498 g/mol. The summed E-state index contributed by atoms with van der Waals surface area (Å²) in [5.41, 5.74) is 1.69. The Labute approximate surface area is 210 Å². The Hall–Kier alpha value is -3.36. The van der Waals surface area contributed by atoms with Crippen LogP contribution in [0.4, 0.5) is 14.0 Å². The number of hydrogen-bond acceptors (Lipinski definition) is 6. The van der Waals surface area contributed by atoms with Crippen LogP contribution in [0.5, 0.6) is 5.75 Å². The molecule has 1 saturated carbocycles. The van der Waals surface area contributed by atoms with Gasteiger partial charge in [0.1, 0.15) is 18.3 Å². The van der Waals surface area contributed by atoms with Crippen LogP contribution in [0.3, 0.4) is 0 Å². The van der Waals surface area contributed by atoms with Crippen molar-refractivity contribution in [1.82, 2.24) is 14.8 Å². The van der Waals surface area contributed by atoms with Crippen LogP contribution in [-0.4, -0.2) is 58.3 Å². The number of benzene rings is 1. The number of halogens is 1. The van der Waals surface area contributed by atoms with Crippen LogP contribution in [0.2, 0.25) is 0 Å². The van der Waals surface area contributed by atoms with Gasteiger partial charge >= 0.3 is 12.2 Å². The zero-order valence-electron chi connectivity index (χ0n) is 21.0. The topological polar surface area (TPSA) is 81.2 Å². The van der Waals surface area contributed by atoms with E-state index in [0.717, 1.165) is 24.1 Å². The molecule has 3 aliphatic rings. The number of carbonyl (C=O) groups is 2. The average Bonchev–Trinajstić information content (AvgIpc) is 2.78. The summed E-state index contributed by atoms with van der Waals surface area (Å²) in [5, 5.41) is 0. The normalized spacial score (nSPS) is 18.7. The predicted octanol–water partition coefficient (Wildman–Crippen LogP) is 4.69. The molecule has 2 aliphatic heterocycles. The molecule has 1 saturated heterocycles.